The number of hydrogen-bond acceptors (Lipinski definition) is 5. The third-order valence-corrected chi connectivity index (χ3v) is 4.22. The molecule has 2 aliphatic heterocycles. The molecule has 0 saturated carbocycles. The first-order valence-electron chi connectivity index (χ1n) is 8.36. The van der Waals surface area contributed by atoms with Crippen LogP contribution in [-0.2, 0) is 19.2 Å². The highest BCUT2D eigenvalue weighted by Gasteiger charge is 2.37. The van der Waals surface area contributed by atoms with Gasteiger partial charge in [0.1, 0.15) is 0 Å². The first kappa shape index (κ1) is 25.6. The number of likely N-dealkylation sites (tertiary alicyclic amines) is 1. The molecule has 144 valence electrons. The van der Waals surface area contributed by atoms with Gasteiger partial charge >= 0.3 is 0 Å². The summed E-state index contributed by atoms with van der Waals surface area (Å²) < 4.78 is 0. The molecule has 0 aromatic rings. The molecule has 2 heterocycles. The predicted octanol–water partition coefficient (Wildman–Crippen LogP) is 2.87. The van der Waals surface area contributed by atoms with Crippen LogP contribution in [0.3, 0.4) is 0 Å². The van der Waals surface area contributed by atoms with E-state index in [2.05, 4.69) is 0 Å². The Labute approximate surface area is 156 Å². The summed E-state index contributed by atoms with van der Waals surface area (Å²) in [7, 11) is 0. The van der Waals surface area contributed by atoms with Crippen LogP contribution >= 0.6 is 11.8 Å². The smallest absolute Gasteiger partial charge is 0.253 e. The average molecular weight is 373 g/mol. The minimum atomic E-state index is -0.188. The monoisotopic (exact) mass is 372 g/mol. The molecule has 7 heteroatoms. The zero-order valence-corrected chi connectivity index (χ0v) is 16.0. The van der Waals surface area contributed by atoms with Gasteiger partial charge in [-0.15, -0.1) is 0 Å². The Bertz CT molecular complexity index is 473. The molecule has 1 fully saturated rings. The van der Waals surface area contributed by atoms with E-state index in [1.807, 2.05) is 34.0 Å². The van der Waals surface area contributed by atoms with Crippen molar-refractivity contribution in [2.75, 3.05) is 19.3 Å². The molecule has 0 aromatic carbocycles. The van der Waals surface area contributed by atoms with Crippen LogP contribution in [0.15, 0.2) is 12.2 Å². The molecule has 2 aliphatic rings. The predicted molar refractivity (Wildman–Crippen MR) is 103 cm³/mol. The molecular weight excluding hydrogens is 340 g/mol. The highest BCUT2D eigenvalue weighted by Crippen LogP contribution is 2.22. The third kappa shape index (κ3) is 7.42. The van der Waals surface area contributed by atoms with E-state index in [0.717, 1.165) is 12.8 Å². The molecule has 4 amide bonds. The molecule has 0 radical (unpaired) electrons. The van der Waals surface area contributed by atoms with Crippen LogP contribution in [0, 0.1) is 0 Å². The van der Waals surface area contributed by atoms with Gasteiger partial charge in [0, 0.05) is 31.7 Å². The fourth-order valence-electron chi connectivity index (χ4n) is 2.17. The van der Waals surface area contributed by atoms with Crippen molar-refractivity contribution in [2.24, 2.45) is 0 Å². The van der Waals surface area contributed by atoms with Crippen LogP contribution in [0.1, 0.15) is 54.4 Å². The largest absolute Gasteiger partial charge is 0.282 e. The Balaban J connectivity index is 0. The van der Waals surface area contributed by atoms with Gasteiger partial charge in [0.2, 0.25) is 11.8 Å². The third-order valence-electron chi connectivity index (χ3n) is 3.28. The lowest BCUT2D eigenvalue weighted by molar-refractivity contribution is -0.139. The van der Waals surface area contributed by atoms with E-state index in [9.17, 15) is 19.2 Å². The SMILES string of the molecule is C.CC.CCCN1C(=O)C=CC1=O.CCCN1C(=O)CC(SC)C1=O. The Morgan fingerprint density at radius 1 is 0.960 bits per heavy atom. The van der Waals surface area contributed by atoms with Crippen molar-refractivity contribution in [3.63, 3.8) is 0 Å². The number of imide groups is 2. The van der Waals surface area contributed by atoms with E-state index in [1.165, 1.54) is 33.7 Å². The summed E-state index contributed by atoms with van der Waals surface area (Å²) in [4.78, 5) is 46.9. The summed E-state index contributed by atoms with van der Waals surface area (Å²) in [5, 5.41) is -0.121. The quantitative estimate of drug-likeness (QED) is 0.694. The van der Waals surface area contributed by atoms with Crippen molar-refractivity contribution in [3.05, 3.63) is 12.2 Å². The maximum Gasteiger partial charge on any atom is 0.253 e. The number of hydrogen-bond donors (Lipinski definition) is 0. The van der Waals surface area contributed by atoms with Crippen molar-refractivity contribution >= 4 is 35.4 Å². The summed E-state index contributed by atoms with van der Waals surface area (Å²) in [6.45, 7) is 9.01. The van der Waals surface area contributed by atoms with Crippen molar-refractivity contribution in [2.45, 2.75) is 59.6 Å². The minimum Gasteiger partial charge on any atom is -0.282 e. The second-order valence-corrected chi connectivity index (χ2v) is 6.01. The van der Waals surface area contributed by atoms with Gasteiger partial charge in [0.15, 0.2) is 0 Å². The van der Waals surface area contributed by atoms with Gasteiger partial charge in [0.25, 0.3) is 11.8 Å². The number of nitrogens with zero attached hydrogens (tertiary/aromatic N) is 2. The van der Waals surface area contributed by atoms with Crippen LogP contribution in [0.4, 0.5) is 0 Å². The molecule has 0 aromatic heterocycles. The van der Waals surface area contributed by atoms with Gasteiger partial charge in [-0.05, 0) is 19.1 Å². The van der Waals surface area contributed by atoms with E-state index in [4.69, 9.17) is 0 Å². The van der Waals surface area contributed by atoms with Crippen molar-refractivity contribution in [1.82, 2.24) is 9.80 Å². The molecule has 1 unspecified atom stereocenters. The molecule has 25 heavy (non-hydrogen) atoms. The van der Waals surface area contributed by atoms with E-state index >= 15 is 0 Å². The highest BCUT2D eigenvalue weighted by molar-refractivity contribution is 8.00. The first-order chi connectivity index (χ1) is 11.5. The zero-order chi connectivity index (χ0) is 18.7. The fourth-order valence-corrected chi connectivity index (χ4v) is 2.81. The topological polar surface area (TPSA) is 74.8 Å². The van der Waals surface area contributed by atoms with Gasteiger partial charge in [0.05, 0.1) is 5.25 Å². The van der Waals surface area contributed by atoms with Gasteiger partial charge in [-0.2, -0.15) is 11.8 Å². The number of thioether (sulfide) groups is 1. The average Bonchev–Trinajstić information content (AvgIpc) is 3.05. The van der Waals surface area contributed by atoms with Crippen LogP contribution in [0.5, 0.6) is 0 Å². The molecule has 1 saturated heterocycles. The van der Waals surface area contributed by atoms with E-state index < -0.39 is 0 Å². The summed E-state index contributed by atoms with van der Waals surface area (Å²) in [5.41, 5.74) is 0. The van der Waals surface area contributed by atoms with Gasteiger partial charge in [-0.1, -0.05) is 35.1 Å². The zero-order valence-electron chi connectivity index (χ0n) is 15.2. The lowest BCUT2D eigenvalue weighted by Gasteiger charge is -2.12. The maximum atomic E-state index is 11.4. The lowest BCUT2D eigenvalue weighted by Crippen LogP contribution is -2.31. The Hall–Kier alpha value is -1.63. The van der Waals surface area contributed by atoms with E-state index in [0.29, 0.717) is 19.5 Å². The Morgan fingerprint density at radius 2 is 1.40 bits per heavy atom. The first-order valence-corrected chi connectivity index (χ1v) is 9.65. The standard InChI is InChI=1S/C8H13NO2S.C7H9NO2.C2H6.CH4/c1-3-4-9-7(10)5-6(12-2)8(9)11;1-2-5-8-6(9)3-4-7(8)10;1-2;/h6H,3-5H2,1-2H3;3-4H,2,5H2,1H3;1-2H3;1H4. The van der Waals surface area contributed by atoms with Crippen molar-refractivity contribution in [1.29, 1.82) is 0 Å². The molecule has 0 bridgehead atoms. The van der Waals surface area contributed by atoms with Gasteiger partial charge in [-0.3, -0.25) is 29.0 Å². The molecule has 1 atom stereocenters. The normalized spacial score (nSPS) is 18.5. The van der Waals surface area contributed by atoms with Gasteiger partial charge < -0.3 is 0 Å². The summed E-state index contributed by atoms with van der Waals surface area (Å²) in [6, 6.07) is 0. The van der Waals surface area contributed by atoms with Crippen LogP contribution in [-0.4, -0.2) is 58.0 Å². The fraction of sp³-hybridized carbons (Fsp3) is 0.667. The van der Waals surface area contributed by atoms with Crippen LogP contribution in [0.2, 0.25) is 0 Å². The van der Waals surface area contributed by atoms with E-state index in [1.54, 1.807) is 0 Å². The minimum absolute atomic E-state index is 0. The lowest BCUT2D eigenvalue weighted by atomic mass is 10.4. The molecule has 0 spiro atoms. The summed E-state index contributed by atoms with van der Waals surface area (Å²) in [6.07, 6.45) is 6.53. The molecule has 0 aliphatic carbocycles. The van der Waals surface area contributed by atoms with Crippen LogP contribution in [0.25, 0.3) is 0 Å². The molecule has 0 N–H and O–H groups in total. The number of rotatable bonds is 5. The summed E-state index contributed by atoms with van der Waals surface area (Å²) >= 11 is 1.46. The van der Waals surface area contributed by atoms with E-state index in [-0.39, 0.29) is 36.3 Å². The second-order valence-electron chi connectivity index (χ2n) is 4.97. The van der Waals surface area contributed by atoms with Crippen molar-refractivity contribution < 1.29 is 19.2 Å². The highest BCUT2D eigenvalue weighted by atomic mass is 32.2. The Morgan fingerprint density at radius 3 is 1.76 bits per heavy atom. The number of amides is 4. The summed E-state index contributed by atoms with van der Waals surface area (Å²) in [5.74, 6) is -0.394. The maximum absolute atomic E-state index is 11.4. The van der Waals surface area contributed by atoms with Gasteiger partial charge in [-0.25, -0.2) is 0 Å². The Kier molecular flexibility index (Phi) is 14.0. The van der Waals surface area contributed by atoms with Crippen molar-refractivity contribution in [3.8, 4) is 0 Å². The molecule has 6 nitrogen and oxygen atoms in total. The van der Waals surface area contributed by atoms with Crippen LogP contribution < -0.4 is 0 Å². The number of carbonyl (C=O) groups excluding carboxylic acids is 4. The molecule has 2 rings (SSSR count). The molecular formula is C18H32N2O4S. The second kappa shape index (κ2) is 13.6. The number of carbonyl (C=O) groups is 4.